The predicted molar refractivity (Wildman–Crippen MR) is 87.2 cm³/mol. The Balaban J connectivity index is 2.82. The van der Waals surface area contributed by atoms with Gasteiger partial charge in [0, 0.05) is 13.2 Å². The number of fused-ring (bicyclic) bond motifs is 1. The molecule has 124 valence electrons. The molecule has 5 heteroatoms. The van der Waals surface area contributed by atoms with Gasteiger partial charge in [-0.2, -0.15) is 5.26 Å². The Labute approximate surface area is 137 Å². The van der Waals surface area contributed by atoms with E-state index in [0.717, 1.165) is 16.7 Å². The van der Waals surface area contributed by atoms with Crippen molar-refractivity contribution in [3.63, 3.8) is 0 Å². The van der Waals surface area contributed by atoms with E-state index in [2.05, 4.69) is 6.07 Å². The lowest BCUT2D eigenvalue weighted by molar-refractivity contribution is -0.0263. The molecule has 2 N–H and O–H groups in total. The summed E-state index contributed by atoms with van der Waals surface area (Å²) in [6, 6.07) is 5.83. The Morgan fingerprint density at radius 3 is 2.57 bits per heavy atom. The molecule has 0 fully saturated rings. The van der Waals surface area contributed by atoms with Crippen LogP contribution in [-0.4, -0.2) is 34.4 Å². The lowest BCUT2D eigenvalue weighted by Gasteiger charge is -2.54. The van der Waals surface area contributed by atoms with E-state index < -0.39 is 17.0 Å². The molecule has 23 heavy (non-hydrogen) atoms. The second-order valence-electron chi connectivity index (χ2n) is 7.14. The zero-order valence-corrected chi connectivity index (χ0v) is 14.2. The number of amides is 1. The van der Waals surface area contributed by atoms with Gasteiger partial charge < -0.3 is 10.2 Å². The largest absolute Gasteiger partial charge is 0.465 e. The predicted octanol–water partition coefficient (Wildman–Crippen LogP) is 3.03. The molecule has 1 heterocycles. The molecule has 1 amide bonds. The standard InChI is InChI=1S/C18H24N2O3/c1-12-13(11-19)5-6-15-14(12)7-9-20(16(22)23)18(15,8-10-21)17(2,3)4/h5-6,21H,7-10H2,1-4H3,(H,22,23). The van der Waals surface area contributed by atoms with Crippen molar-refractivity contribution in [3.05, 3.63) is 34.4 Å². The van der Waals surface area contributed by atoms with Gasteiger partial charge in [-0.25, -0.2) is 4.79 Å². The van der Waals surface area contributed by atoms with Crippen LogP contribution in [0.5, 0.6) is 0 Å². The molecule has 1 aliphatic heterocycles. The summed E-state index contributed by atoms with van der Waals surface area (Å²) in [6.07, 6.45) is -0.0473. The number of rotatable bonds is 2. The number of aliphatic hydroxyl groups is 1. The Kier molecular flexibility index (Phi) is 4.41. The molecule has 1 aromatic carbocycles. The Morgan fingerprint density at radius 2 is 2.09 bits per heavy atom. The fourth-order valence-corrected chi connectivity index (χ4v) is 4.02. The van der Waals surface area contributed by atoms with Crippen LogP contribution in [0.4, 0.5) is 4.79 Å². The molecule has 1 aromatic rings. The van der Waals surface area contributed by atoms with Gasteiger partial charge in [-0.3, -0.25) is 4.90 Å². The highest BCUT2D eigenvalue weighted by Gasteiger charge is 2.52. The Bertz CT molecular complexity index is 670. The number of nitrogens with zero attached hydrogens (tertiary/aromatic N) is 2. The topological polar surface area (TPSA) is 84.6 Å². The van der Waals surface area contributed by atoms with Gasteiger partial charge in [0.05, 0.1) is 17.2 Å². The third kappa shape index (κ3) is 2.47. The van der Waals surface area contributed by atoms with Crippen LogP contribution in [0.2, 0.25) is 0 Å². The van der Waals surface area contributed by atoms with Gasteiger partial charge in [-0.05, 0) is 47.9 Å². The molecule has 0 radical (unpaired) electrons. The second kappa shape index (κ2) is 5.86. The normalized spacial score (nSPS) is 20.8. The van der Waals surface area contributed by atoms with Gasteiger partial charge in [0.2, 0.25) is 0 Å². The van der Waals surface area contributed by atoms with Gasteiger partial charge in [0.25, 0.3) is 0 Å². The van der Waals surface area contributed by atoms with Crippen molar-refractivity contribution in [3.8, 4) is 6.07 Å². The van der Waals surface area contributed by atoms with Crippen LogP contribution in [0.1, 0.15) is 49.4 Å². The van der Waals surface area contributed by atoms with E-state index in [1.165, 1.54) is 4.90 Å². The van der Waals surface area contributed by atoms with Crippen LogP contribution >= 0.6 is 0 Å². The van der Waals surface area contributed by atoms with Crippen LogP contribution in [-0.2, 0) is 12.0 Å². The first-order chi connectivity index (χ1) is 10.7. The van der Waals surface area contributed by atoms with Gasteiger partial charge in [0.15, 0.2) is 0 Å². The quantitative estimate of drug-likeness (QED) is 0.878. The summed E-state index contributed by atoms with van der Waals surface area (Å²) in [5.41, 5.74) is 2.30. The monoisotopic (exact) mass is 316 g/mol. The molecule has 0 saturated heterocycles. The fourth-order valence-electron chi connectivity index (χ4n) is 4.02. The Morgan fingerprint density at radius 1 is 1.43 bits per heavy atom. The summed E-state index contributed by atoms with van der Waals surface area (Å²) in [5, 5.41) is 28.7. The minimum absolute atomic E-state index is 0.0977. The first-order valence-corrected chi connectivity index (χ1v) is 7.85. The summed E-state index contributed by atoms with van der Waals surface area (Å²) < 4.78 is 0. The highest BCUT2D eigenvalue weighted by Crippen LogP contribution is 2.51. The molecule has 5 nitrogen and oxygen atoms in total. The van der Waals surface area contributed by atoms with E-state index in [-0.39, 0.29) is 6.61 Å². The SMILES string of the molecule is Cc1c(C#N)ccc2c1CCN(C(=O)O)C2(CCO)C(C)(C)C. The summed E-state index contributed by atoms with van der Waals surface area (Å²) in [6.45, 7) is 8.19. The summed E-state index contributed by atoms with van der Waals surface area (Å²) >= 11 is 0. The van der Waals surface area contributed by atoms with Gasteiger partial charge in [-0.1, -0.05) is 26.8 Å². The smallest absolute Gasteiger partial charge is 0.408 e. The van der Waals surface area contributed by atoms with E-state index in [0.29, 0.717) is 24.9 Å². The molecule has 0 aliphatic carbocycles. The molecule has 1 unspecified atom stereocenters. The van der Waals surface area contributed by atoms with Crippen molar-refractivity contribution >= 4 is 6.09 Å². The van der Waals surface area contributed by atoms with Gasteiger partial charge in [0.1, 0.15) is 0 Å². The number of hydrogen-bond donors (Lipinski definition) is 2. The minimum Gasteiger partial charge on any atom is -0.465 e. The third-order valence-electron chi connectivity index (χ3n) is 5.16. The third-order valence-corrected chi connectivity index (χ3v) is 5.16. The maximum absolute atomic E-state index is 11.9. The summed E-state index contributed by atoms with van der Waals surface area (Å²) in [4.78, 5) is 13.4. The van der Waals surface area contributed by atoms with E-state index in [1.54, 1.807) is 6.07 Å². The lowest BCUT2D eigenvalue weighted by Crippen LogP contribution is -2.60. The summed E-state index contributed by atoms with van der Waals surface area (Å²) in [7, 11) is 0. The average Bonchev–Trinajstić information content (AvgIpc) is 2.46. The molecule has 0 aromatic heterocycles. The maximum Gasteiger partial charge on any atom is 0.408 e. The fraction of sp³-hybridized carbons (Fsp3) is 0.556. The molecular weight excluding hydrogens is 292 g/mol. The minimum atomic E-state index is -0.971. The number of hydrogen-bond acceptors (Lipinski definition) is 3. The van der Waals surface area contributed by atoms with Crippen molar-refractivity contribution < 1.29 is 15.0 Å². The first kappa shape index (κ1) is 17.3. The van der Waals surface area contributed by atoms with Crippen LogP contribution in [0.25, 0.3) is 0 Å². The zero-order chi connectivity index (χ0) is 17.4. The molecule has 1 atom stereocenters. The highest BCUT2D eigenvalue weighted by molar-refractivity contribution is 5.68. The number of carboxylic acid groups (broad SMARTS) is 1. The molecule has 0 bridgehead atoms. The molecule has 2 rings (SSSR count). The van der Waals surface area contributed by atoms with E-state index in [9.17, 15) is 20.3 Å². The molecular formula is C18H24N2O3. The summed E-state index contributed by atoms with van der Waals surface area (Å²) in [5.74, 6) is 0. The number of nitriles is 1. The molecule has 0 saturated carbocycles. The number of carbonyl (C=O) groups is 1. The van der Waals surface area contributed by atoms with Crippen LogP contribution in [0.15, 0.2) is 12.1 Å². The van der Waals surface area contributed by atoms with E-state index in [4.69, 9.17) is 0 Å². The number of aliphatic hydroxyl groups excluding tert-OH is 1. The van der Waals surface area contributed by atoms with Gasteiger partial charge >= 0.3 is 6.09 Å². The van der Waals surface area contributed by atoms with Crippen molar-refractivity contribution in [2.24, 2.45) is 5.41 Å². The van der Waals surface area contributed by atoms with E-state index >= 15 is 0 Å². The van der Waals surface area contributed by atoms with Crippen molar-refractivity contribution in [2.45, 2.75) is 46.1 Å². The van der Waals surface area contributed by atoms with Gasteiger partial charge in [-0.15, -0.1) is 0 Å². The molecule has 0 spiro atoms. The van der Waals surface area contributed by atoms with Crippen LogP contribution in [0.3, 0.4) is 0 Å². The number of benzene rings is 1. The lowest BCUT2D eigenvalue weighted by atomic mass is 9.63. The molecule has 1 aliphatic rings. The zero-order valence-electron chi connectivity index (χ0n) is 14.2. The van der Waals surface area contributed by atoms with Crippen molar-refractivity contribution in [1.82, 2.24) is 4.90 Å². The second-order valence-corrected chi connectivity index (χ2v) is 7.14. The van der Waals surface area contributed by atoms with Crippen molar-refractivity contribution in [1.29, 1.82) is 5.26 Å². The van der Waals surface area contributed by atoms with Crippen LogP contribution in [0, 0.1) is 23.7 Å². The van der Waals surface area contributed by atoms with Crippen LogP contribution < -0.4 is 0 Å². The maximum atomic E-state index is 11.9. The van der Waals surface area contributed by atoms with Crippen molar-refractivity contribution in [2.75, 3.05) is 13.2 Å². The van der Waals surface area contributed by atoms with E-state index in [1.807, 2.05) is 33.8 Å². The first-order valence-electron chi connectivity index (χ1n) is 7.85. The highest BCUT2D eigenvalue weighted by atomic mass is 16.4. The Hall–Kier alpha value is -2.06. The average molecular weight is 316 g/mol.